The van der Waals surface area contributed by atoms with Crippen LogP contribution in [-0.4, -0.2) is 34.9 Å². The Hall–Kier alpha value is -2.47. The van der Waals surface area contributed by atoms with E-state index >= 15 is 0 Å². The minimum absolute atomic E-state index is 0.0119. The molecular weight excluding hydrogens is 312 g/mol. The van der Waals surface area contributed by atoms with Crippen LogP contribution in [0.2, 0.25) is 0 Å². The molecule has 3 aromatic rings. The van der Waals surface area contributed by atoms with Crippen molar-refractivity contribution in [1.82, 2.24) is 4.90 Å². The molecule has 1 aliphatic heterocycles. The lowest BCUT2D eigenvalue weighted by Crippen LogP contribution is -2.34. The molecule has 0 bridgehead atoms. The van der Waals surface area contributed by atoms with Crippen LogP contribution in [0.1, 0.15) is 0 Å². The summed E-state index contributed by atoms with van der Waals surface area (Å²) in [5, 5.41) is 4.90. The number of hydrogen-bond acceptors (Lipinski definition) is 4. The van der Waals surface area contributed by atoms with Crippen molar-refractivity contribution in [3.63, 3.8) is 0 Å². The SMILES string of the molecule is O=C(CN1CSCC1=O)Nc1ccc2c(c1)oc1ccccc12. The maximum atomic E-state index is 12.1. The third-order valence-corrected chi connectivity index (χ3v) is 4.77. The summed E-state index contributed by atoms with van der Waals surface area (Å²) < 4.78 is 5.81. The number of hydrogen-bond donors (Lipinski definition) is 1. The Morgan fingerprint density at radius 1 is 1.17 bits per heavy atom. The molecule has 1 N–H and O–H groups in total. The van der Waals surface area contributed by atoms with Crippen LogP contribution in [0.4, 0.5) is 5.69 Å². The zero-order valence-electron chi connectivity index (χ0n) is 12.2. The first-order valence-corrected chi connectivity index (χ1v) is 8.43. The van der Waals surface area contributed by atoms with E-state index < -0.39 is 0 Å². The number of nitrogens with one attached hydrogen (secondary N) is 1. The summed E-state index contributed by atoms with van der Waals surface area (Å²) in [7, 11) is 0. The van der Waals surface area contributed by atoms with Gasteiger partial charge in [0, 0.05) is 22.5 Å². The van der Waals surface area contributed by atoms with Crippen LogP contribution in [0.5, 0.6) is 0 Å². The second-order valence-corrected chi connectivity index (χ2v) is 6.38. The minimum atomic E-state index is -0.198. The third kappa shape index (κ3) is 2.66. The van der Waals surface area contributed by atoms with Gasteiger partial charge in [0.05, 0.1) is 11.6 Å². The van der Waals surface area contributed by atoms with Crippen molar-refractivity contribution in [1.29, 1.82) is 0 Å². The number of amides is 2. The molecule has 5 nitrogen and oxygen atoms in total. The Morgan fingerprint density at radius 3 is 2.83 bits per heavy atom. The fourth-order valence-corrected chi connectivity index (χ4v) is 3.62. The molecule has 0 atom stereocenters. The van der Waals surface area contributed by atoms with E-state index in [1.54, 1.807) is 4.90 Å². The van der Waals surface area contributed by atoms with Crippen molar-refractivity contribution in [2.45, 2.75) is 0 Å². The highest BCUT2D eigenvalue weighted by Gasteiger charge is 2.22. The van der Waals surface area contributed by atoms with Crippen molar-refractivity contribution < 1.29 is 14.0 Å². The molecular formula is C17H14N2O3S. The van der Waals surface area contributed by atoms with Gasteiger partial charge in [-0.3, -0.25) is 9.59 Å². The fraction of sp³-hybridized carbons (Fsp3) is 0.176. The van der Waals surface area contributed by atoms with Gasteiger partial charge in [-0.1, -0.05) is 18.2 Å². The van der Waals surface area contributed by atoms with Crippen molar-refractivity contribution in [3.05, 3.63) is 42.5 Å². The summed E-state index contributed by atoms with van der Waals surface area (Å²) in [6.07, 6.45) is 0. The smallest absolute Gasteiger partial charge is 0.244 e. The Labute approximate surface area is 136 Å². The number of thioether (sulfide) groups is 1. The number of carbonyl (C=O) groups is 2. The van der Waals surface area contributed by atoms with Crippen LogP contribution in [0.25, 0.3) is 21.9 Å². The standard InChI is InChI=1S/C17H14N2O3S/c20-16(8-19-10-23-9-17(19)21)18-11-5-6-13-12-3-1-2-4-14(12)22-15(13)7-11/h1-7H,8-10H2,(H,18,20). The number of para-hydroxylation sites is 1. The monoisotopic (exact) mass is 326 g/mol. The normalized spacial score (nSPS) is 14.8. The molecule has 6 heteroatoms. The van der Waals surface area contributed by atoms with Gasteiger partial charge in [-0.2, -0.15) is 0 Å². The van der Waals surface area contributed by atoms with Gasteiger partial charge in [-0.25, -0.2) is 0 Å². The first kappa shape index (κ1) is 14.1. The maximum Gasteiger partial charge on any atom is 0.244 e. The van der Waals surface area contributed by atoms with Gasteiger partial charge in [-0.05, 0) is 18.2 Å². The second-order valence-electron chi connectivity index (χ2n) is 5.43. The summed E-state index contributed by atoms with van der Waals surface area (Å²) in [6.45, 7) is 0.0873. The molecule has 0 aliphatic carbocycles. The molecule has 2 heterocycles. The van der Waals surface area contributed by atoms with Crippen LogP contribution in [0.3, 0.4) is 0 Å². The molecule has 1 aliphatic rings. The van der Waals surface area contributed by atoms with Crippen LogP contribution in [0, 0.1) is 0 Å². The summed E-state index contributed by atoms with van der Waals surface area (Å²) in [4.78, 5) is 25.2. The molecule has 1 saturated heterocycles. The van der Waals surface area contributed by atoms with E-state index in [4.69, 9.17) is 4.42 Å². The van der Waals surface area contributed by atoms with Crippen molar-refractivity contribution in [3.8, 4) is 0 Å². The maximum absolute atomic E-state index is 12.1. The lowest BCUT2D eigenvalue weighted by molar-refractivity contribution is -0.130. The average molecular weight is 326 g/mol. The summed E-state index contributed by atoms with van der Waals surface area (Å²) >= 11 is 1.52. The van der Waals surface area contributed by atoms with Crippen LogP contribution in [0.15, 0.2) is 46.9 Å². The van der Waals surface area contributed by atoms with Crippen LogP contribution in [-0.2, 0) is 9.59 Å². The fourth-order valence-electron chi connectivity index (χ4n) is 2.72. The summed E-state index contributed by atoms with van der Waals surface area (Å²) in [5.41, 5.74) is 2.23. The van der Waals surface area contributed by atoms with E-state index in [9.17, 15) is 9.59 Å². The molecule has 0 spiro atoms. The predicted octanol–water partition coefficient (Wildman–Crippen LogP) is 3.06. The Bertz CT molecular complexity index is 918. The topological polar surface area (TPSA) is 62.6 Å². The molecule has 4 rings (SSSR count). The van der Waals surface area contributed by atoms with E-state index in [-0.39, 0.29) is 18.4 Å². The molecule has 0 radical (unpaired) electrons. The van der Waals surface area contributed by atoms with E-state index in [0.29, 0.717) is 17.3 Å². The van der Waals surface area contributed by atoms with Crippen molar-refractivity contribution in [2.75, 3.05) is 23.5 Å². The van der Waals surface area contributed by atoms with Crippen molar-refractivity contribution >= 4 is 51.2 Å². The molecule has 1 aromatic heterocycles. The lowest BCUT2D eigenvalue weighted by Gasteiger charge is -2.14. The number of benzene rings is 2. The Morgan fingerprint density at radius 2 is 2.00 bits per heavy atom. The number of anilines is 1. The van der Waals surface area contributed by atoms with Gasteiger partial charge in [0.1, 0.15) is 17.7 Å². The molecule has 1 fully saturated rings. The Balaban J connectivity index is 1.56. The van der Waals surface area contributed by atoms with E-state index in [1.807, 2.05) is 42.5 Å². The van der Waals surface area contributed by atoms with Crippen molar-refractivity contribution in [2.24, 2.45) is 0 Å². The van der Waals surface area contributed by atoms with Gasteiger partial charge >= 0.3 is 0 Å². The zero-order valence-corrected chi connectivity index (χ0v) is 13.1. The largest absolute Gasteiger partial charge is 0.456 e. The van der Waals surface area contributed by atoms with E-state index in [0.717, 1.165) is 21.9 Å². The van der Waals surface area contributed by atoms with E-state index in [2.05, 4.69) is 5.32 Å². The molecule has 116 valence electrons. The molecule has 0 unspecified atom stereocenters. The van der Waals surface area contributed by atoms with Gasteiger partial charge < -0.3 is 14.6 Å². The highest BCUT2D eigenvalue weighted by molar-refractivity contribution is 8.00. The molecule has 2 amide bonds. The highest BCUT2D eigenvalue weighted by atomic mass is 32.2. The second kappa shape index (κ2) is 5.62. The highest BCUT2D eigenvalue weighted by Crippen LogP contribution is 2.30. The van der Waals surface area contributed by atoms with E-state index in [1.165, 1.54) is 11.8 Å². The minimum Gasteiger partial charge on any atom is -0.456 e. The number of furan rings is 1. The number of fused-ring (bicyclic) bond motifs is 3. The number of carbonyl (C=O) groups excluding carboxylic acids is 2. The van der Waals surface area contributed by atoms with Gasteiger partial charge in [0.25, 0.3) is 0 Å². The Kier molecular flexibility index (Phi) is 3.46. The molecule has 2 aromatic carbocycles. The van der Waals surface area contributed by atoms with Crippen LogP contribution < -0.4 is 5.32 Å². The first-order valence-electron chi connectivity index (χ1n) is 7.27. The van der Waals surface area contributed by atoms with Crippen LogP contribution >= 0.6 is 11.8 Å². The molecule has 0 saturated carbocycles. The lowest BCUT2D eigenvalue weighted by atomic mass is 10.1. The predicted molar refractivity (Wildman–Crippen MR) is 91.4 cm³/mol. The number of nitrogens with zero attached hydrogens (tertiary/aromatic N) is 1. The first-order chi connectivity index (χ1) is 11.2. The number of rotatable bonds is 3. The third-order valence-electron chi connectivity index (χ3n) is 3.82. The quantitative estimate of drug-likeness (QED) is 0.803. The zero-order chi connectivity index (χ0) is 15.8. The van der Waals surface area contributed by atoms with Gasteiger partial charge in [0.15, 0.2) is 0 Å². The molecule has 23 heavy (non-hydrogen) atoms. The van der Waals surface area contributed by atoms with Gasteiger partial charge in [0.2, 0.25) is 11.8 Å². The average Bonchev–Trinajstić information content (AvgIpc) is 3.10. The summed E-state index contributed by atoms with van der Waals surface area (Å²) in [5.74, 6) is 0.849. The van der Waals surface area contributed by atoms with Gasteiger partial charge in [-0.15, -0.1) is 11.8 Å². The summed E-state index contributed by atoms with van der Waals surface area (Å²) in [6, 6.07) is 13.4.